The number of nitrogens with zero attached hydrogens (tertiary/aromatic N) is 1. The number of rotatable bonds is 10. The number of hydrogen-bond donors (Lipinski definition) is 3. The van der Waals surface area contributed by atoms with Crippen molar-refractivity contribution in [2.75, 3.05) is 24.7 Å². The Bertz CT molecular complexity index is 1660. The van der Waals surface area contributed by atoms with Crippen molar-refractivity contribution in [2.45, 2.75) is 55.1 Å². The van der Waals surface area contributed by atoms with E-state index in [4.69, 9.17) is 0 Å². The molecule has 0 spiro atoms. The summed E-state index contributed by atoms with van der Waals surface area (Å²) in [5, 5.41) is 7.29. The molecule has 46 heavy (non-hydrogen) atoms. The van der Waals surface area contributed by atoms with E-state index in [1.165, 1.54) is 48.5 Å². The summed E-state index contributed by atoms with van der Waals surface area (Å²) in [5.41, 5.74) is -0.740. The van der Waals surface area contributed by atoms with Crippen LogP contribution in [0.1, 0.15) is 31.9 Å². The third-order valence-electron chi connectivity index (χ3n) is 7.33. The number of benzene rings is 3. The lowest BCUT2D eigenvalue weighted by Gasteiger charge is -2.30. The first kappa shape index (κ1) is 34.6. The standard InChI is InChI=1S/C32H34F4N4O5S/c1-31(2,33)17-25(29(42)39-26-18-40(19-27(26)41)30(43)37-23-7-5-4-6-8-23)38-28(32(34,35)36)22-11-9-20(10-12-22)21-13-15-24(16-14-21)46(3,44)45/h4-16,25-26,28,38H,17-19H2,1-3H3,(H,37,43)(H,39,42)/t25-,26?,28-/m0/s1. The number of halogens is 4. The number of para-hydroxylation sites is 1. The Morgan fingerprint density at radius 1 is 0.913 bits per heavy atom. The van der Waals surface area contributed by atoms with Gasteiger partial charge in [0, 0.05) is 18.4 Å². The number of amides is 3. The fraction of sp³-hybridized carbons (Fsp3) is 0.344. The van der Waals surface area contributed by atoms with Crippen LogP contribution in [0.3, 0.4) is 0 Å². The highest BCUT2D eigenvalue weighted by molar-refractivity contribution is 7.90. The quantitative estimate of drug-likeness (QED) is 0.261. The van der Waals surface area contributed by atoms with E-state index in [-0.39, 0.29) is 23.5 Å². The minimum absolute atomic E-state index is 0.0942. The largest absolute Gasteiger partial charge is 0.407 e. The van der Waals surface area contributed by atoms with Crippen molar-refractivity contribution in [1.82, 2.24) is 15.5 Å². The second-order valence-corrected chi connectivity index (χ2v) is 13.8. The van der Waals surface area contributed by atoms with E-state index in [0.717, 1.165) is 25.0 Å². The van der Waals surface area contributed by atoms with Gasteiger partial charge in [0.05, 0.1) is 24.0 Å². The zero-order valence-corrected chi connectivity index (χ0v) is 26.1. The van der Waals surface area contributed by atoms with Crippen molar-refractivity contribution in [2.24, 2.45) is 0 Å². The molecule has 1 aliphatic rings. The molecule has 246 valence electrons. The highest BCUT2D eigenvalue weighted by atomic mass is 32.2. The third-order valence-corrected chi connectivity index (χ3v) is 8.46. The van der Waals surface area contributed by atoms with E-state index < -0.39 is 64.0 Å². The maximum atomic E-state index is 14.8. The van der Waals surface area contributed by atoms with Crippen LogP contribution in [-0.4, -0.2) is 74.3 Å². The van der Waals surface area contributed by atoms with Gasteiger partial charge >= 0.3 is 12.2 Å². The molecule has 3 aromatic carbocycles. The highest BCUT2D eigenvalue weighted by Crippen LogP contribution is 2.35. The molecule has 1 heterocycles. The number of urea groups is 1. The lowest BCUT2D eigenvalue weighted by atomic mass is 9.96. The molecule has 4 rings (SSSR count). The van der Waals surface area contributed by atoms with E-state index in [1.54, 1.807) is 30.3 Å². The van der Waals surface area contributed by atoms with E-state index in [1.807, 2.05) is 0 Å². The van der Waals surface area contributed by atoms with Crippen LogP contribution in [0.4, 0.5) is 28.0 Å². The second kappa shape index (κ2) is 13.6. The number of carbonyl (C=O) groups is 3. The normalized spacial score (nSPS) is 17.0. The van der Waals surface area contributed by atoms with Gasteiger partial charge in [-0.3, -0.25) is 14.9 Å². The van der Waals surface area contributed by atoms with E-state index in [9.17, 15) is 40.4 Å². The maximum absolute atomic E-state index is 14.8. The van der Waals surface area contributed by atoms with Crippen LogP contribution in [0, 0.1) is 0 Å². The first-order chi connectivity index (χ1) is 21.4. The number of hydrogen-bond acceptors (Lipinski definition) is 6. The van der Waals surface area contributed by atoms with Crippen molar-refractivity contribution >= 4 is 33.2 Å². The molecule has 0 aromatic heterocycles. The van der Waals surface area contributed by atoms with E-state index in [2.05, 4.69) is 16.0 Å². The Kier molecular flexibility index (Phi) is 10.2. The monoisotopic (exact) mass is 662 g/mol. The molecule has 3 N–H and O–H groups in total. The molecule has 3 aromatic rings. The Morgan fingerprint density at radius 2 is 1.48 bits per heavy atom. The average molecular weight is 663 g/mol. The topological polar surface area (TPSA) is 125 Å². The summed E-state index contributed by atoms with van der Waals surface area (Å²) in [5.74, 6) is -1.55. The summed E-state index contributed by atoms with van der Waals surface area (Å²) in [6, 6.07) is 13.7. The van der Waals surface area contributed by atoms with Crippen molar-refractivity contribution in [3.8, 4) is 11.1 Å². The van der Waals surface area contributed by atoms with Gasteiger partial charge < -0.3 is 15.5 Å². The van der Waals surface area contributed by atoms with Gasteiger partial charge in [0.2, 0.25) is 5.91 Å². The predicted molar refractivity (Wildman–Crippen MR) is 164 cm³/mol. The molecule has 9 nitrogen and oxygen atoms in total. The molecule has 14 heteroatoms. The van der Waals surface area contributed by atoms with Crippen molar-refractivity contribution in [3.63, 3.8) is 0 Å². The number of likely N-dealkylation sites (tertiary alicyclic amines) is 1. The number of Topliss-reactive ketones (excluding diaryl/α,β-unsaturated/α-hetero) is 1. The molecule has 3 amide bonds. The number of alkyl halides is 4. The van der Waals surface area contributed by atoms with Crippen LogP contribution in [0.2, 0.25) is 0 Å². The van der Waals surface area contributed by atoms with Crippen molar-refractivity contribution in [3.05, 3.63) is 84.4 Å². The first-order valence-corrected chi connectivity index (χ1v) is 16.2. The van der Waals surface area contributed by atoms with Gasteiger partial charge in [-0.2, -0.15) is 13.2 Å². The fourth-order valence-electron chi connectivity index (χ4n) is 5.02. The summed E-state index contributed by atoms with van der Waals surface area (Å²) in [6.07, 6.45) is -4.48. The van der Waals surface area contributed by atoms with E-state index >= 15 is 0 Å². The summed E-state index contributed by atoms with van der Waals surface area (Å²) in [4.78, 5) is 39.9. The van der Waals surface area contributed by atoms with Gasteiger partial charge in [0.25, 0.3) is 0 Å². The molecule has 1 saturated heterocycles. The van der Waals surface area contributed by atoms with Crippen LogP contribution in [0.5, 0.6) is 0 Å². The summed E-state index contributed by atoms with van der Waals surface area (Å²) >= 11 is 0. The smallest absolute Gasteiger partial charge is 0.343 e. The molecule has 1 aliphatic heterocycles. The van der Waals surface area contributed by atoms with Gasteiger partial charge in [0.1, 0.15) is 17.8 Å². The molecule has 0 aliphatic carbocycles. The van der Waals surface area contributed by atoms with E-state index in [0.29, 0.717) is 16.8 Å². The molecule has 1 fully saturated rings. The maximum Gasteiger partial charge on any atom is 0.407 e. The van der Waals surface area contributed by atoms with Crippen LogP contribution in [0.15, 0.2) is 83.8 Å². The highest BCUT2D eigenvalue weighted by Gasteiger charge is 2.44. The summed E-state index contributed by atoms with van der Waals surface area (Å²) in [6.45, 7) is 1.70. The lowest BCUT2D eigenvalue weighted by molar-refractivity contribution is -0.161. The SMILES string of the molecule is CC(C)(F)C[C@H](N[C@@H](c1ccc(-c2ccc(S(C)(=O)=O)cc2)cc1)C(F)(F)F)C(=O)NC1CN(C(=O)Nc2ccccc2)CC1=O. The average Bonchev–Trinajstić information content (AvgIpc) is 3.34. The molecule has 0 saturated carbocycles. The van der Waals surface area contributed by atoms with Gasteiger partial charge in [-0.1, -0.05) is 54.6 Å². The van der Waals surface area contributed by atoms with Gasteiger partial charge in [0.15, 0.2) is 15.6 Å². The second-order valence-electron chi connectivity index (χ2n) is 11.7. The molecular formula is C32H34F4N4O5S. The molecule has 0 radical (unpaired) electrons. The van der Waals surface area contributed by atoms with Crippen LogP contribution < -0.4 is 16.0 Å². The Labute approximate surface area is 264 Å². The zero-order valence-electron chi connectivity index (χ0n) is 25.3. The zero-order chi connectivity index (χ0) is 33.9. The summed E-state index contributed by atoms with van der Waals surface area (Å²) in [7, 11) is -3.43. The lowest BCUT2D eigenvalue weighted by Crippen LogP contribution is -2.54. The molecule has 1 unspecified atom stereocenters. The first-order valence-electron chi connectivity index (χ1n) is 14.3. The number of ketones is 1. The number of sulfone groups is 1. The van der Waals surface area contributed by atoms with Crippen molar-refractivity contribution in [1.29, 1.82) is 0 Å². The molecular weight excluding hydrogens is 628 g/mol. The predicted octanol–water partition coefficient (Wildman–Crippen LogP) is 5.06. The molecule has 3 atom stereocenters. The number of nitrogens with one attached hydrogen (secondary N) is 3. The fourth-order valence-corrected chi connectivity index (χ4v) is 5.65. The minimum atomic E-state index is -4.90. The molecule has 0 bridgehead atoms. The van der Waals surface area contributed by atoms with Crippen LogP contribution in [0.25, 0.3) is 11.1 Å². The Balaban J connectivity index is 1.50. The van der Waals surface area contributed by atoms with Crippen molar-refractivity contribution < 1.29 is 40.4 Å². The summed E-state index contributed by atoms with van der Waals surface area (Å²) < 4.78 is 81.4. The Morgan fingerprint density at radius 3 is 2.00 bits per heavy atom. The number of anilines is 1. The van der Waals surface area contributed by atoms with Gasteiger partial charge in [-0.25, -0.2) is 17.6 Å². The van der Waals surface area contributed by atoms with Gasteiger partial charge in [-0.05, 0) is 54.8 Å². The number of carbonyl (C=O) groups excluding carboxylic acids is 3. The van der Waals surface area contributed by atoms with Gasteiger partial charge in [-0.15, -0.1) is 0 Å². The minimum Gasteiger partial charge on any atom is -0.343 e. The Hall–Kier alpha value is -4.30. The van der Waals surface area contributed by atoms with Crippen LogP contribution in [-0.2, 0) is 19.4 Å². The third kappa shape index (κ3) is 9.13. The van der Waals surface area contributed by atoms with Crippen LogP contribution >= 0.6 is 0 Å².